The van der Waals surface area contributed by atoms with Gasteiger partial charge in [-0.05, 0) is 48.5 Å². The molecule has 0 bridgehead atoms. The van der Waals surface area contributed by atoms with E-state index in [9.17, 15) is 21.6 Å². The Morgan fingerprint density at radius 2 is 1.31 bits per heavy atom. The average molecular weight is 431 g/mol. The minimum atomic E-state index is -3.87. The summed E-state index contributed by atoms with van der Waals surface area (Å²) in [5.41, 5.74) is 0.528. The molecule has 0 aromatic heterocycles. The Balaban J connectivity index is 1.84. The zero-order valence-corrected chi connectivity index (χ0v) is 16.6. The van der Waals surface area contributed by atoms with Crippen LogP contribution in [0.5, 0.6) is 0 Å². The van der Waals surface area contributed by atoms with E-state index in [0.717, 1.165) is 0 Å². The molecule has 3 aromatic carbocycles. The highest BCUT2D eigenvalue weighted by molar-refractivity contribution is 7.92. The maximum Gasteiger partial charge on any atom is 0.261 e. The summed E-state index contributed by atoms with van der Waals surface area (Å²) in [6.07, 6.45) is 0. The van der Waals surface area contributed by atoms with Crippen molar-refractivity contribution in [3.8, 4) is 0 Å². The normalized spacial score (nSPS) is 11.6. The Labute approximate surface area is 168 Å². The highest BCUT2D eigenvalue weighted by atomic mass is 32.2. The first-order valence-electron chi connectivity index (χ1n) is 8.28. The molecule has 0 unspecified atom stereocenters. The van der Waals surface area contributed by atoms with Crippen LogP contribution >= 0.6 is 0 Å². The lowest BCUT2D eigenvalue weighted by molar-refractivity contribution is 0.102. The highest BCUT2D eigenvalue weighted by Gasteiger charge is 2.18. The number of nitrogens with two attached hydrogens (primary N) is 1. The summed E-state index contributed by atoms with van der Waals surface area (Å²) in [6, 6.07) is 19.2. The van der Waals surface area contributed by atoms with Gasteiger partial charge in [0.05, 0.1) is 21.0 Å². The number of nitrogens with one attached hydrogen (secondary N) is 2. The van der Waals surface area contributed by atoms with Gasteiger partial charge in [-0.1, -0.05) is 30.3 Å². The van der Waals surface area contributed by atoms with Crippen LogP contribution in [0.1, 0.15) is 10.4 Å². The summed E-state index contributed by atoms with van der Waals surface area (Å²) in [5.74, 6) is -0.570. The molecule has 10 heteroatoms. The standard InChI is InChI=1S/C19H17N3O5S2/c20-28(24,25)15-12-10-14(11-13-15)21-19(23)17-8-4-5-9-18(17)22-29(26,27)16-6-2-1-3-7-16/h1-13,22H,(H,21,23)(H2,20,24,25). The number of hydrogen-bond donors (Lipinski definition) is 3. The Morgan fingerprint density at radius 1 is 0.724 bits per heavy atom. The molecule has 8 nitrogen and oxygen atoms in total. The van der Waals surface area contributed by atoms with Gasteiger partial charge in [-0.3, -0.25) is 9.52 Å². The van der Waals surface area contributed by atoms with Crippen molar-refractivity contribution in [1.82, 2.24) is 0 Å². The zero-order chi connectivity index (χ0) is 21.1. The number of benzene rings is 3. The zero-order valence-electron chi connectivity index (χ0n) is 14.9. The van der Waals surface area contributed by atoms with E-state index in [1.807, 2.05) is 0 Å². The number of hydrogen-bond acceptors (Lipinski definition) is 5. The van der Waals surface area contributed by atoms with Crippen molar-refractivity contribution >= 4 is 37.3 Å². The van der Waals surface area contributed by atoms with Gasteiger partial charge in [-0.15, -0.1) is 0 Å². The molecule has 0 atom stereocenters. The lowest BCUT2D eigenvalue weighted by Crippen LogP contribution is -2.18. The molecule has 3 aromatic rings. The van der Waals surface area contributed by atoms with Gasteiger partial charge in [0, 0.05) is 5.69 Å². The van der Waals surface area contributed by atoms with Gasteiger partial charge < -0.3 is 5.32 Å². The fraction of sp³-hybridized carbons (Fsp3) is 0. The molecule has 1 amide bonds. The fourth-order valence-electron chi connectivity index (χ4n) is 2.50. The summed E-state index contributed by atoms with van der Waals surface area (Å²) < 4.78 is 50.1. The van der Waals surface area contributed by atoms with Crippen molar-refractivity contribution in [2.75, 3.05) is 10.0 Å². The molecule has 0 aliphatic heterocycles. The van der Waals surface area contributed by atoms with Gasteiger partial charge in [-0.2, -0.15) is 0 Å². The van der Waals surface area contributed by atoms with Gasteiger partial charge in [-0.25, -0.2) is 22.0 Å². The topological polar surface area (TPSA) is 135 Å². The van der Waals surface area contributed by atoms with Crippen LogP contribution in [0.2, 0.25) is 0 Å². The predicted octanol–water partition coefficient (Wildman–Crippen LogP) is 2.39. The molecule has 3 rings (SSSR count). The van der Waals surface area contributed by atoms with E-state index >= 15 is 0 Å². The molecule has 0 radical (unpaired) electrons. The molecule has 0 aliphatic carbocycles. The molecule has 0 aliphatic rings. The van der Waals surface area contributed by atoms with Crippen LogP contribution in [0, 0.1) is 0 Å². The van der Waals surface area contributed by atoms with Crippen molar-refractivity contribution < 1.29 is 21.6 Å². The van der Waals surface area contributed by atoms with Crippen LogP contribution in [0.15, 0.2) is 88.7 Å². The number of carbonyl (C=O) groups excluding carboxylic acids is 1. The van der Waals surface area contributed by atoms with Crippen LogP contribution in [0.4, 0.5) is 11.4 Å². The quantitative estimate of drug-likeness (QED) is 0.551. The van der Waals surface area contributed by atoms with E-state index < -0.39 is 26.0 Å². The number of carbonyl (C=O) groups is 1. The van der Waals surface area contributed by atoms with Crippen LogP contribution in [-0.4, -0.2) is 22.7 Å². The molecule has 0 heterocycles. The number of anilines is 2. The summed E-state index contributed by atoms with van der Waals surface area (Å²) >= 11 is 0. The fourth-order valence-corrected chi connectivity index (χ4v) is 4.12. The minimum absolute atomic E-state index is 0.0637. The van der Waals surface area contributed by atoms with Crippen molar-refractivity contribution in [3.05, 3.63) is 84.4 Å². The maximum absolute atomic E-state index is 12.7. The third-order valence-electron chi connectivity index (χ3n) is 3.91. The average Bonchev–Trinajstić information content (AvgIpc) is 2.68. The third-order valence-corrected chi connectivity index (χ3v) is 6.22. The Morgan fingerprint density at radius 3 is 1.93 bits per heavy atom. The van der Waals surface area contributed by atoms with E-state index in [2.05, 4.69) is 10.0 Å². The molecular formula is C19H17N3O5S2. The summed E-state index contributed by atoms with van der Waals surface area (Å²) in [7, 11) is -7.72. The maximum atomic E-state index is 12.7. The van der Waals surface area contributed by atoms with Crippen molar-refractivity contribution in [2.24, 2.45) is 5.14 Å². The first kappa shape index (κ1) is 20.5. The van der Waals surface area contributed by atoms with Crippen LogP contribution < -0.4 is 15.2 Å². The SMILES string of the molecule is NS(=O)(=O)c1ccc(NC(=O)c2ccccc2NS(=O)(=O)c2ccccc2)cc1. The number of primary sulfonamides is 1. The Bertz CT molecular complexity index is 1240. The Kier molecular flexibility index (Phi) is 5.69. The van der Waals surface area contributed by atoms with E-state index in [4.69, 9.17) is 5.14 Å². The van der Waals surface area contributed by atoms with E-state index in [1.165, 1.54) is 48.5 Å². The van der Waals surface area contributed by atoms with Gasteiger partial charge >= 0.3 is 0 Å². The second kappa shape index (κ2) is 8.03. The lowest BCUT2D eigenvalue weighted by Gasteiger charge is -2.13. The molecule has 150 valence electrons. The second-order valence-electron chi connectivity index (χ2n) is 5.99. The predicted molar refractivity (Wildman–Crippen MR) is 109 cm³/mol. The molecular weight excluding hydrogens is 414 g/mol. The molecule has 29 heavy (non-hydrogen) atoms. The van der Waals surface area contributed by atoms with E-state index in [-0.39, 0.29) is 21.0 Å². The molecule has 0 saturated heterocycles. The van der Waals surface area contributed by atoms with Gasteiger partial charge in [0.2, 0.25) is 10.0 Å². The van der Waals surface area contributed by atoms with E-state index in [0.29, 0.717) is 5.69 Å². The first-order valence-corrected chi connectivity index (χ1v) is 11.3. The summed E-state index contributed by atoms with van der Waals surface area (Å²) in [5, 5.41) is 7.64. The molecule has 0 spiro atoms. The minimum Gasteiger partial charge on any atom is -0.322 e. The van der Waals surface area contributed by atoms with Crippen molar-refractivity contribution in [3.63, 3.8) is 0 Å². The summed E-state index contributed by atoms with van der Waals surface area (Å²) in [6.45, 7) is 0. The van der Waals surface area contributed by atoms with Gasteiger partial charge in [0.25, 0.3) is 15.9 Å². The summed E-state index contributed by atoms with van der Waals surface area (Å²) in [4.78, 5) is 12.6. The highest BCUT2D eigenvalue weighted by Crippen LogP contribution is 2.22. The first-order chi connectivity index (χ1) is 13.7. The molecule has 0 fully saturated rings. The number of amides is 1. The van der Waals surface area contributed by atoms with Crippen LogP contribution in [0.3, 0.4) is 0 Å². The largest absolute Gasteiger partial charge is 0.322 e. The van der Waals surface area contributed by atoms with Gasteiger partial charge in [0.15, 0.2) is 0 Å². The Hall–Kier alpha value is -3.21. The molecule has 4 N–H and O–H groups in total. The van der Waals surface area contributed by atoms with Crippen LogP contribution in [-0.2, 0) is 20.0 Å². The van der Waals surface area contributed by atoms with Crippen molar-refractivity contribution in [1.29, 1.82) is 0 Å². The second-order valence-corrected chi connectivity index (χ2v) is 9.23. The number of para-hydroxylation sites is 1. The lowest BCUT2D eigenvalue weighted by atomic mass is 10.1. The van der Waals surface area contributed by atoms with Crippen LogP contribution in [0.25, 0.3) is 0 Å². The van der Waals surface area contributed by atoms with E-state index in [1.54, 1.807) is 30.3 Å². The molecule has 0 saturated carbocycles. The monoisotopic (exact) mass is 431 g/mol. The van der Waals surface area contributed by atoms with Crippen molar-refractivity contribution in [2.45, 2.75) is 9.79 Å². The number of sulfonamides is 2. The van der Waals surface area contributed by atoms with Gasteiger partial charge in [0.1, 0.15) is 0 Å². The smallest absolute Gasteiger partial charge is 0.261 e. The number of rotatable bonds is 6. The third kappa shape index (κ3) is 4.99.